The van der Waals surface area contributed by atoms with E-state index in [1.807, 2.05) is 24.4 Å². The van der Waals surface area contributed by atoms with Gasteiger partial charge >= 0.3 is 0 Å². The van der Waals surface area contributed by atoms with Crippen LogP contribution in [0, 0.1) is 0 Å². The van der Waals surface area contributed by atoms with Crippen LogP contribution in [0.1, 0.15) is 25.0 Å². The number of aromatic nitrogens is 3. The molecule has 0 N–H and O–H groups in total. The van der Waals surface area contributed by atoms with E-state index in [9.17, 15) is 0 Å². The molecule has 0 bridgehead atoms. The third kappa shape index (κ3) is 1.73. The highest BCUT2D eigenvalue weighted by atomic mass is 15.3. The molecule has 2 aromatic rings. The molecule has 0 saturated heterocycles. The van der Waals surface area contributed by atoms with E-state index in [1.165, 1.54) is 25.0 Å². The number of rotatable bonds is 1. The summed E-state index contributed by atoms with van der Waals surface area (Å²) < 4.78 is 2.15. The molecule has 82 valence electrons. The zero-order valence-electron chi connectivity index (χ0n) is 9.26. The van der Waals surface area contributed by atoms with E-state index >= 15 is 0 Å². The van der Waals surface area contributed by atoms with Crippen LogP contribution in [0.5, 0.6) is 0 Å². The molecule has 3 heterocycles. The van der Waals surface area contributed by atoms with Gasteiger partial charge in [-0.2, -0.15) is 5.10 Å². The van der Waals surface area contributed by atoms with Crippen LogP contribution >= 0.6 is 0 Å². The van der Waals surface area contributed by atoms with Gasteiger partial charge in [0.05, 0.1) is 5.69 Å². The van der Waals surface area contributed by atoms with Crippen molar-refractivity contribution in [3.8, 4) is 11.4 Å². The largest absolute Gasteiger partial charge is 0.269 e. The molecule has 3 heteroatoms. The molecule has 0 fully saturated rings. The Morgan fingerprint density at radius 1 is 1.06 bits per heavy atom. The second-order valence-corrected chi connectivity index (χ2v) is 4.27. The summed E-state index contributed by atoms with van der Waals surface area (Å²) >= 11 is 0. The summed E-state index contributed by atoms with van der Waals surface area (Å²) in [7, 11) is 0. The van der Waals surface area contributed by atoms with Crippen LogP contribution in [0.2, 0.25) is 0 Å². The highest BCUT2D eigenvalue weighted by Crippen LogP contribution is 2.20. The molecule has 0 saturated carbocycles. The van der Waals surface area contributed by atoms with Gasteiger partial charge in [-0.1, -0.05) is 12.5 Å². The lowest BCUT2D eigenvalue weighted by molar-refractivity contribution is 0.577. The van der Waals surface area contributed by atoms with E-state index in [-0.39, 0.29) is 0 Å². The fraction of sp³-hybridized carbons (Fsp3) is 0.385. The van der Waals surface area contributed by atoms with Gasteiger partial charge in [0.2, 0.25) is 0 Å². The van der Waals surface area contributed by atoms with Crippen molar-refractivity contribution in [2.75, 3.05) is 0 Å². The molecule has 0 radical (unpaired) electrons. The van der Waals surface area contributed by atoms with Crippen molar-refractivity contribution in [1.82, 2.24) is 14.8 Å². The van der Waals surface area contributed by atoms with Gasteiger partial charge in [-0.15, -0.1) is 0 Å². The van der Waals surface area contributed by atoms with Gasteiger partial charge in [0.15, 0.2) is 0 Å². The SMILES string of the molecule is c1ccc(-c2cc3n(n2)CCCCC3)nc1. The van der Waals surface area contributed by atoms with Crippen molar-refractivity contribution < 1.29 is 0 Å². The van der Waals surface area contributed by atoms with Crippen LogP contribution in [0.15, 0.2) is 30.5 Å². The van der Waals surface area contributed by atoms with Crippen LogP contribution < -0.4 is 0 Å². The van der Waals surface area contributed by atoms with E-state index in [0.717, 1.165) is 24.4 Å². The number of nitrogens with zero attached hydrogens (tertiary/aromatic N) is 3. The maximum atomic E-state index is 4.64. The van der Waals surface area contributed by atoms with Gasteiger partial charge in [0.1, 0.15) is 5.69 Å². The van der Waals surface area contributed by atoms with Crippen molar-refractivity contribution >= 4 is 0 Å². The Morgan fingerprint density at radius 3 is 2.94 bits per heavy atom. The van der Waals surface area contributed by atoms with Crippen LogP contribution in [0.4, 0.5) is 0 Å². The van der Waals surface area contributed by atoms with E-state index in [4.69, 9.17) is 0 Å². The molecule has 0 atom stereocenters. The highest BCUT2D eigenvalue weighted by molar-refractivity contribution is 5.53. The zero-order valence-corrected chi connectivity index (χ0v) is 9.26. The van der Waals surface area contributed by atoms with E-state index in [1.54, 1.807) is 0 Å². The van der Waals surface area contributed by atoms with Gasteiger partial charge in [0.25, 0.3) is 0 Å². The third-order valence-electron chi connectivity index (χ3n) is 3.09. The molecular formula is C13H15N3. The smallest absolute Gasteiger partial charge is 0.111 e. The normalized spacial score (nSPS) is 15.5. The lowest BCUT2D eigenvalue weighted by Crippen LogP contribution is -2.01. The molecule has 0 aromatic carbocycles. The Labute approximate surface area is 95.1 Å². The Kier molecular flexibility index (Phi) is 2.44. The summed E-state index contributed by atoms with van der Waals surface area (Å²) in [4.78, 5) is 4.34. The van der Waals surface area contributed by atoms with E-state index in [2.05, 4.69) is 20.8 Å². The fourth-order valence-electron chi connectivity index (χ4n) is 2.23. The van der Waals surface area contributed by atoms with Crippen molar-refractivity contribution in [3.63, 3.8) is 0 Å². The molecule has 3 rings (SSSR count). The first-order valence-corrected chi connectivity index (χ1v) is 5.91. The van der Waals surface area contributed by atoms with Gasteiger partial charge in [-0.25, -0.2) is 0 Å². The summed E-state index contributed by atoms with van der Waals surface area (Å²) in [6.07, 6.45) is 6.83. The quantitative estimate of drug-likeness (QED) is 0.729. The van der Waals surface area contributed by atoms with Crippen LogP contribution in [0.3, 0.4) is 0 Å². The third-order valence-corrected chi connectivity index (χ3v) is 3.09. The minimum atomic E-state index is 0.975. The van der Waals surface area contributed by atoms with Gasteiger partial charge in [0, 0.05) is 18.4 Å². The summed E-state index contributed by atoms with van der Waals surface area (Å²) in [5.74, 6) is 0. The number of hydrogen-bond donors (Lipinski definition) is 0. The summed E-state index contributed by atoms with van der Waals surface area (Å²) in [6.45, 7) is 1.06. The van der Waals surface area contributed by atoms with Crippen molar-refractivity contribution in [1.29, 1.82) is 0 Å². The van der Waals surface area contributed by atoms with Gasteiger partial charge in [-0.3, -0.25) is 9.67 Å². The minimum absolute atomic E-state index is 0.975. The predicted octanol–water partition coefficient (Wildman–Crippen LogP) is 2.67. The number of hydrogen-bond acceptors (Lipinski definition) is 2. The molecule has 1 aliphatic heterocycles. The molecule has 2 aromatic heterocycles. The molecule has 16 heavy (non-hydrogen) atoms. The predicted molar refractivity (Wildman–Crippen MR) is 63.0 cm³/mol. The zero-order chi connectivity index (χ0) is 10.8. The second-order valence-electron chi connectivity index (χ2n) is 4.27. The Bertz CT molecular complexity index is 450. The molecule has 0 amide bonds. The highest BCUT2D eigenvalue weighted by Gasteiger charge is 2.12. The minimum Gasteiger partial charge on any atom is -0.269 e. The summed E-state index contributed by atoms with van der Waals surface area (Å²) in [6, 6.07) is 8.15. The molecule has 0 spiro atoms. The van der Waals surface area contributed by atoms with Gasteiger partial charge < -0.3 is 0 Å². The van der Waals surface area contributed by atoms with E-state index in [0.29, 0.717) is 0 Å². The number of pyridine rings is 1. The first-order valence-electron chi connectivity index (χ1n) is 5.91. The van der Waals surface area contributed by atoms with Crippen LogP contribution in [-0.2, 0) is 13.0 Å². The number of fused-ring (bicyclic) bond motifs is 1. The van der Waals surface area contributed by atoms with Crippen molar-refractivity contribution in [2.45, 2.75) is 32.2 Å². The van der Waals surface area contributed by atoms with Crippen molar-refractivity contribution in [3.05, 3.63) is 36.2 Å². The van der Waals surface area contributed by atoms with Crippen molar-refractivity contribution in [2.24, 2.45) is 0 Å². The summed E-state index contributed by atoms with van der Waals surface area (Å²) in [5.41, 5.74) is 3.35. The molecule has 0 unspecified atom stereocenters. The second kappa shape index (κ2) is 4.08. The molecule has 0 aliphatic carbocycles. The average Bonchev–Trinajstić information content (AvgIpc) is 2.62. The Hall–Kier alpha value is -1.64. The van der Waals surface area contributed by atoms with E-state index < -0.39 is 0 Å². The van der Waals surface area contributed by atoms with Crippen LogP contribution in [-0.4, -0.2) is 14.8 Å². The Balaban J connectivity index is 1.98. The lowest BCUT2D eigenvalue weighted by atomic mass is 10.1. The molecule has 1 aliphatic rings. The van der Waals surface area contributed by atoms with Gasteiger partial charge in [-0.05, 0) is 37.5 Å². The monoisotopic (exact) mass is 213 g/mol. The maximum absolute atomic E-state index is 4.64. The standard InChI is InChI=1S/C13H15N3/c1-2-6-11-10-13(15-16(11)9-5-1)12-7-3-4-8-14-12/h3-4,7-8,10H,1-2,5-6,9H2. The maximum Gasteiger partial charge on any atom is 0.111 e. The lowest BCUT2D eigenvalue weighted by Gasteiger charge is -1.99. The fourth-order valence-corrected chi connectivity index (χ4v) is 2.23. The molecule has 3 nitrogen and oxygen atoms in total. The number of aryl methyl sites for hydroxylation is 2. The Morgan fingerprint density at radius 2 is 2.06 bits per heavy atom. The average molecular weight is 213 g/mol. The van der Waals surface area contributed by atoms with Crippen LogP contribution in [0.25, 0.3) is 11.4 Å². The first-order chi connectivity index (χ1) is 7.93. The first kappa shape index (κ1) is 9.58. The molecular weight excluding hydrogens is 198 g/mol. The topological polar surface area (TPSA) is 30.7 Å². The summed E-state index contributed by atoms with van der Waals surface area (Å²) in [5, 5.41) is 4.64.